The van der Waals surface area contributed by atoms with Crippen LogP contribution in [0.25, 0.3) is 11.0 Å². The lowest BCUT2D eigenvalue weighted by Gasteiger charge is -2.20. The second kappa shape index (κ2) is 6.77. The number of hydrogen-bond donors (Lipinski definition) is 1. The van der Waals surface area contributed by atoms with Crippen molar-refractivity contribution in [3.8, 4) is 5.75 Å². The quantitative estimate of drug-likeness (QED) is 0.844. The van der Waals surface area contributed by atoms with E-state index in [1.54, 1.807) is 14.2 Å². The van der Waals surface area contributed by atoms with E-state index in [1.807, 2.05) is 18.2 Å². The number of ether oxygens (including phenoxy) is 2. The van der Waals surface area contributed by atoms with Crippen molar-refractivity contribution in [3.05, 3.63) is 30.0 Å². The first-order valence-corrected chi connectivity index (χ1v) is 6.93. The SMILES string of the molecule is COCC(NCc1cc2cccc(OC)c2o1)C(C)C. The smallest absolute Gasteiger partial charge is 0.176 e. The van der Waals surface area contributed by atoms with Crippen molar-refractivity contribution in [2.45, 2.75) is 26.4 Å². The average Bonchev–Trinajstić information content (AvgIpc) is 2.85. The number of para-hydroxylation sites is 1. The maximum Gasteiger partial charge on any atom is 0.176 e. The third kappa shape index (κ3) is 3.32. The molecular weight excluding hydrogens is 254 g/mol. The molecule has 1 atom stereocenters. The summed E-state index contributed by atoms with van der Waals surface area (Å²) in [6, 6.07) is 8.27. The van der Waals surface area contributed by atoms with Crippen LogP contribution in [0.2, 0.25) is 0 Å². The van der Waals surface area contributed by atoms with E-state index in [-0.39, 0.29) is 0 Å². The van der Waals surface area contributed by atoms with Crippen molar-refractivity contribution in [3.63, 3.8) is 0 Å². The van der Waals surface area contributed by atoms with E-state index in [0.29, 0.717) is 25.1 Å². The van der Waals surface area contributed by atoms with Crippen molar-refractivity contribution >= 4 is 11.0 Å². The standard InChI is InChI=1S/C16H23NO3/c1-11(2)14(10-18-3)17-9-13-8-12-6-5-7-15(19-4)16(12)20-13/h5-8,11,14,17H,9-10H2,1-4H3. The molecule has 1 unspecified atom stereocenters. The van der Waals surface area contributed by atoms with E-state index in [4.69, 9.17) is 13.9 Å². The Morgan fingerprint density at radius 1 is 1.25 bits per heavy atom. The molecule has 0 fully saturated rings. The molecule has 4 heteroatoms. The molecule has 0 radical (unpaired) electrons. The minimum Gasteiger partial charge on any atom is -0.493 e. The third-order valence-electron chi connectivity index (χ3n) is 3.47. The predicted octanol–water partition coefficient (Wildman–Crippen LogP) is 3.20. The van der Waals surface area contributed by atoms with Gasteiger partial charge < -0.3 is 19.2 Å². The highest BCUT2D eigenvalue weighted by molar-refractivity contribution is 5.83. The fourth-order valence-corrected chi connectivity index (χ4v) is 2.24. The summed E-state index contributed by atoms with van der Waals surface area (Å²) in [5.74, 6) is 2.19. The predicted molar refractivity (Wildman–Crippen MR) is 80.1 cm³/mol. The van der Waals surface area contributed by atoms with Gasteiger partial charge in [-0.3, -0.25) is 0 Å². The highest BCUT2D eigenvalue weighted by atomic mass is 16.5. The molecule has 0 bridgehead atoms. The zero-order valence-corrected chi connectivity index (χ0v) is 12.6. The summed E-state index contributed by atoms with van der Waals surface area (Å²) in [7, 11) is 3.38. The van der Waals surface area contributed by atoms with Gasteiger partial charge in [0, 0.05) is 18.5 Å². The van der Waals surface area contributed by atoms with Crippen molar-refractivity contribution in [2.24, 2.45) is 5.92 Å². The van der Waals surface area contributed by atoms with Crippen LogP contribution in [0, 0.1) is 5.92 Å². The van der Waals surface area contributed by atoms with Crippen LogP contribution in [-0.2, 0) is 11.3 Å². The lowest BCUT2D eigenvalue weighted by Crippen LogP contribution is -2.37. The van der Waals surface area contributed by atoms with Gasteiger partial charge in [0.1, 0.15) is 5.76 Å². The highest BCUT2D eigenvalue weighted by Crippen LogP contribution is 2.28. The molecule has 0 saturated carbocycles. The number of furan rings is 1. The fraction of sp³-hybridized carbons (Fsp3) is 0.500. The first-order valence-electron chi connectivity index (χ1n) is 6.93. The molecule has 2 aromatic rings. The molecule has 2 rings (SSSR count). The minimum absolute atomic E-state index is 0.315. The van der Waals surface area contributed by atoms with Crippen LogP contribution in [0.1, 0.15) is 19.6 Å². The zero-order chi connectivity index (χ0) is 14.5. The largest absolute Gasteiger partial charge is 0.493 e. The summed E-state index contributed by atoms with van der Waals surface area (Å²) in [6.45, 7) is 5.74. The van der Waals surface area contributed by atoms with E-state index in [1.165, 1.54) is 0 Å². The van der Waals surface area contributed by atoms with Gasteiger partial charge in [0.15, 0.2) is 11.3 Å². The van der Waals surface area contributed by atoms with Gasteiger partial charge in [0.2, 0.25) is 0 Å². The first kappa shape index (κ1) is 14.9. The van der Waals surface area contributed by atoms with Gasteiger partial charge in [-0.1, -0.05) is 26.0 Å². The van der Waals surface area contributed by atoms with E-state index in [2.05, 4.69) is 25.2 Å². The summed E-state index contributed by atoms with van der Waals surface area (Å²) in [4.78, 5) is 0. The van der Waals surface area contributed by atoms with E-state index >= 15 is 0 Å². The Balaban J connectivity index is 2.10. The molecule has 0 aliphatic heterocycles. The van der Waals surface area contributed by atoms with Gasteiger partial charge >= 0.3 is 0 Å². The molecule has 0 spiro atoms. The molecule has 1 heterocycles. The van der Waals surface area contributed by atoms with Gasteiger partial charge in [-0.15, -0.1) is 0 Å². The molecule has 0 saturated heterocycles. The monoisotopic (exact) mass is 277 g/mol. The molecular formula is C16H23NO3. The Bertz CT molecular complexity index is 548. The molecule has 4 nitrogen and oxygen atoms in total. The van der Waals surface area contributed by atoms with Crippen molar-refractivity contribution < 1.29 is 13.9 Å². The normalized spacial score (nSPS) is 13.1. The van der Waals surface area contributed by atoms with Crippen LogP contribution in [0.3, 0.4) is 0 Å². The molecule has 1 N–H and O–H groups in total. The maximum atomic E-state index is 5.87. The van der Waals surface area contributed by atoms with Crippen molar-refractivity contribution in [1.82, 2.24) is 5.32 Å². The number of fused-ring (bicyclic) bond motifs is 1. The van der Waals surface area contributed by atoms with Gasteiger partial charge in [-0.05, 0) is 18.1 Å². The fourth-order valence-electron chi connectivity index (χ4n) is 2.24. The van der Waals surface area contributed by atoms with Crippen LogP contribution in [-0.4, -0.2) is 26.9 Å². The molecule has 0 aliphatic rings. The summed E-state index contributed by atoms with van der Waals surface area (Å²) in [5, 5.41) is 4.54. The summed E-state index contributed by atoms with van der Waals surface area (Å²) < 4.78 is 16.4. The Hall–Kier alpha value is -1.52. The number of rotatable bonds is 7. The van der Waals surface area contributed by atoms with E-state index < -0.39 is 0 Å². The molecule has 0 aliphatic carbocycles. The van der Waals surface area contributed by atoms with Crippen LogP contribution in [0.4, 0.5) is 0 Å². The van der Waals surface area contributed by atoms with Gasteiger partial charge in [0.25, 0.3) is 0 Å². The van der Waals surface area contributed by atoms with Crippen LogP contribution in [0.5, 0.6) is 5.75 Å². The maximum absolute atomic E-state index is 5.87. The average molecular weight is 277 g/mol. The Morgan fingerprint density at radius 2 is 2.05 bits per heavy atom. The first-order chi connectivity index (χ1) is 9.65. The number of methoxy groups -OCH3 is 2. The molecule has 1 aromatic heterocycles. The van der Waals surface area contributed by atoms with E-state index in [9.17, 15) is 0 Å². The second-order valence-electron chi connectivity index (χ2n) is 5.28. The van der Waals surface area contributed by atoms with Crippen LogP contribution >= 0.6 is 0 Å². The van der Waals surface area contributed by atoms with Gasteiger partial charge in [-0.2, -0.15) is 0 Å². The van der Waals surface area contributed by atoms with Crippen LogP contribution < -0.4 is 10.1 Å². The molecule has 110 valence electrons. The second-order valence-corrected chi connectivity index (χ2v) is 5.28. The summed E-state index contributed by atoms with van der Waals surface area (Å²) in [6.07, 6.45) is 0. The van der Waals surface area contributed by atoms with Crippen molar-refractivity contribution in [2.75, 3.05) is 20.8 Å². The summed E-state index contributed by atoms with van der Waals surface area (Å²) in [5.41, 5.74) is 0.805. The van der Waals surface area contributed by atoms with Crippen LogP contribution in [0.15, 0.2) is 28.7 Å². The number of nitrogens with one attached hydrogen (secondary N) is 1. The number of hydrogen-bond acceptors (Lipinski definition) is 4. The minimum atomic E-state index is 0.315. The Morgan fingerprint density at radius 3 is 2.70 bits per heavy atom. The third-order valence-corrected chi connectivity index (χ3v) is 3.47. The lowest BCUT2D eigenvalue weighted by molar-refractivity contribution is 0.145. The van der Waals surface area contributed by atoms with Gasteiger partial charge in [0.05, 0.1) is 20.3 Å². The van der Waals surface area contributed by atoms with Crippen molar-refractivity contribution in [1.29, 1.82) is 0 Å². The van der Waals surface area contributed by atoms with E-state index in [0.717, 1.165) is 22.5 Å². The Kier molecular flexibility index (Phi) is 5.04. The zero-order valence-electron chi connectivity index (χ0n) is 12.6. The number of benzene rings is 1. The molecule has 0 amide bonds. The highest BCUT2D eigenvalue weighted by Gasteiger charge is 2.14. The summed E-state index contributed by atoms with van der Waals surface area (Å²) >= 11 is 0. The molecule has 20 heavy (non-hydrogen) atoms. The van der Waals surface area contributed by atoms with Gasteiger partial charge in [-0.25, -0.2) is 0 Å². The molecule has 1 aromatic carbocycles. The lowest BCUT2D eigenvalue weighted by atomic mass is 10.1. The topological polar surface area (TPSA) is 43.6 Å². The Labute approximate surface area is 120 Å².